The molecule has 1 aliphatic rings. The fourth-order valence-corrected chi connectivity index (χ4v) is 6.04. The zero-order chi connectivity index (χ0) is 28.4. The largest absolute Gasteiger partial charge is 0.493 e. The Morgan fingerprint density at radius 3 is 2.20 bits per heavy atom. The van der Waals surface area contributed by atoms with E-state index in [0.29, 0.717) is 56.0 Å². The van der Waals surface area contributed by atoms with E-state index in [1.165, 1.54) is 24.6 Å². The smallest absolute Gasteiger partial charge is 0.243 e. The highest BCUT2D eigenvalue weighted by molar-refractivity contribution is 7.89. The molecule has 1 atom stereocenters. The summed E-state index contributed by atoms with van der Waals surface area (Å²) in [5.74, 6) is 2.61. The number of piperidine rings is 1. The maximum Gasteiger partial charge on any atom is 0.243 e. The van der Waals surface area contributed by atoms with Crippen LogP contribution in [0.15, 0.2) is 77.7 Å². The first kappa shape index (κ1) is 29.7. The Labute approximate surface area is 236 Å². The van der Waals surface area contributed by atoms with Gasteiger partial charge in [0.2, 0.25) is 10.0 Å². The molecule has 0 aromatic heterocycles. The van der Waals surface area contributed by atoms with Crippen LogP contribution in [0.25, 0.3) is 0 Å². The average molecular weight is 571 g/mol. The molecule has 9 nitrogen and oxygen atoms in total. The zero-order valence-electron chi connectivity index (χ0n) is 23.0. The van der Waals surface area contributed by atoms with Gasteiger partial charge in [0.25, 0.3) is 0 Å². The van der Waals surface area contributed by atoms with Crippen molar-refractivity contribution >= 4 is 10.0 Å². The fourth-order valence-electron chi connectivity index (χ4n) is 4.56. The quantitative estimate of drug-likeness (QED) is 0.302. The van der Waals surface area contributed by atoms with Crippen molar-refractivity contribution in [2.45, 2.75) is 30.4 Å². The number of aliphatic hydroxyl groups excluding tert-OH is 1. The van der Waals surface area contributed by atoms with Crippen LogP contribution in [0.3, 0.4) is 0 Å². The summed E-state index contributed by atoms with van der Waals surface area (Å²) in [5.41, 5.74) is 1.10. The second-order valence-corrected chi connectivity index (χ2v) is 11.7. The lowest BCUT2D eigenvalue weighted by molar-refractivity contribution is 0.104. The summed E-state index contributed by atoms with van der Waals surface area (Å²) < 4.78 is 49.7. The molecule has 0 aliphatic carbocycles. The molecule has 0 saturated carbocycles. The third kappa shape index (κ3) is 8.11. The van der Waals surface area contributed by atoms with Crippen LogP contribution in [0, 0.1) is 5.92 Å². The molecule has 216 valence electrons. The molecule has 1 aliphatic heterocycles. The summed E-state index contributed by atoms with van der Waals surface area (Å²) >= 11 is 0. The number of nitrogens with one attached hydrogen (secondary N) is 1. The molecule has 40 heavy (non-hydrogen) atoms. The van der Waals surface area contributed by atoms with Gasteiger partial charge in [0, 0.05) is 25.7 Å². The van der Waals surface area contributed by atoms with Gasteiger partial charge < -0.3 is 29.4 Å². The van der Waals surface area contributed by atoms with Crippen LogP contribution in [0.5, 0.6) is 23.0 Å². The number of nitrogens with zero attached hydrogens (tertiary/aromatic N) is 1. The van der Waals surface area contributed by atoms with Gasteiger partial charge in [-0.05, 0) is 67.3 Å². The Kier molecular flexibility index (Phi) is 10.7. The van der Waals surface area contributed by atoms with Crippen molar-refractivity contribution in [2.75, 3.05) is 47.0 Å². The van der Waals surface area contributed by atoms with Crippen molar-refractivity contribution in [2.24, 2.45) is 5.92 Å². The predicted molar refractivity (Wildman–Crippen MR) is 153 cm³/mol. The highest BCUT2D eigenvalue weighted by Gasteiger charge is 2.30. The SMILES string of the molecule is COc1ccc(S(=O)(=O)N2CCC(CNC[C@H](O)COc3ccc(OCc4ccccc4)cc3)CC2)cc1OC. The molecule has 1 saturated heterocycles. The first-order valence-electron chi connectivity index (χ1n) is 13.4. The average Bonchev–Trinajstić information content (AvgIpc) is 3.00. The molecular formula is C30H38N2O7S. The molecule has 1 heterocycles. The Bertz CT molecular complexity index is 1300. The summed E-state index contributed by atoms with van der Waals surface area (Å²) in [5, 5.41) is 13.6. The molecule has 0 unspecified atom stereocenters. The minimum absolute atomic E-state index is 0.166. The molecule has 0 amide bonds. The van der Waals surface area contributed by atoms with E-state index in [2.05, 4.69) is 5.32 Å². The summed E-state index contributed by atoms with van der Waals surface area (Å²) in [6.07, 6.45) is 0.815. The Balaban J connectivity index is 1.14. The van der Waals surface area contributed by atoms with Crippen molar-refractivity contribution in [3.63, 3.8) is 0 Å². The van der Waals surface area contributed by atoms with Crippen LogP contribution in [0.2, 0.25) is 0 Å². The number of hydrogen-bond acceptors (Lipinski definition) is 8. The third-order valence-corrected chi connectivity index (χ3v) is 8.79. The van der Waals surface area contributed by atoms with Crippen LogP contribution < -0.4 is 24.3 Å². The van der Waals surface area contributed by atoms with E-state index in [1.807, 2.05) is 54.6 Å². The fraction of sp³-hybridized carbons (Fsp3) is 0.400. The van der Waals surface area contributed by atoms with Gasteiger partial charge in [-0.2, -0.15) is 4.31 Å². The Morgan fingerprint density at radius 1 is 0.900 bits per heavy atom. The lowest BCUT2D eigenvalue weighted by Crippen LogP contribution is -2.42. The number of rotatable bonds is 14. The molecule has 3 aromatic rings. The Morgan fingerprint density at radius 2 is 1.55 bits per heavy atom. The van der Waals surface area contributed by atoms with Gasteiger partial charge in [0.15, 0.2) is 11.5 Å². The van der Waals surface area contributed by atoms with Crippen molar-refractivity contribution in [1.82, 2.24) is 9.62 Å². The standard InChI is InChI=1S/C30H38N2O7S/c1-36-29-13-12-28(18-30(29)37-2)40(34,35)32-16-14-23(15-17-32)19-31-20-25(33)22-39-27-10-8-26(9-11-27)38-21-24-6-4-3-5-7-24/h3-13,18,23,25,31,33H,14-17,19-22H2,1-2H3/t25-/m0/s1. The van der Waals surface area contributed by atoms with Gasteiger partial charge in [0.05, 0.1) is 19.1 Å². The summed E-state index contributed by atoms with van der Waals surface area (Å²) in [6, 6.07) is 22.0. The second kappa shape index (κ2) is 14.4. The van der Waals surface area contributed by atoms with Crippen LogP contribution in [0.4, 0.5) is 0 Å². The van der Waals surface area contributed by atoms with Crippen molar-refractivity contribution in [3.05, 3.63) is 78.4 Å². The van der Waals surface area contributed by atoms with Gasteiger partial charge >= 0.3 is 0 Å². The van der Waals surface area contributed by atoms with E-state index in [0.717, 1.165) is 24.2 Å². The van der Waals surface area contributed by atoms with Gasteiger partial charge in [-0.25, -0.2) is 8.42 Å². The molecule has 0 radical (unpaired) electrons. The predicted octanol–water partition coefficient (Wildman–Crippen LogP) is 3.71. The number of methoxy groups -OCH3 is 2. The van der Waals surface area contributed by atoms with Crippen molar-refractivity contribution in [1.29, 1.82) is 0 Å². The van der Waals surface area contributed by atoms with Gasteiger partial charge in [0.1, 0.15) is 30.8 Å². The molecule has 3 aromatic carbocycles. The van der Waals surface area contributed by atoms with Crippen LogP contribution >= 0.6 is 0 Å². The van der Waals surface area contributed by atoms with Crippen LogP contribution in [-0.4, -0.2) is 70.9 Å². The first-order chi connectivity index (χ1) is 19.4. The zero-order valence-corrected chi connectivity index (χ0v) is 23.8. The minimum Gasteiger partial charge on any atom is -0.493 e. The maximum absolute atomic E-state index is 13.1. The van der Waals surface area contributed by atoms with Crippen molar-refractivity contribution < 1.29 is 32.5 Å². The molecule has 1 fully saturated rings. The minimum atomic E-state index is -3.62. The molecular weight excluding hydrogens is 532 g/mol. The Hall–Kier alpha value is -3.31. The summed E-state index contributed by atoms with van der Waals surface area (Å²) in [7, 11) is -0.621. The molecule has 2 N–H and O–H groups in total. The first-order valence-corrected chi connectivity index (χ1v) is 14.8. The number of hydrogen-bond donors (Lipinski definition) is 2. The normalized spacial score (nSPS) is 15.4. The van der Waals surface area contributed by atoms with E-state index in [4.69, 9.17) is 18.9 Å². The van der Waals surface area contributed by atoms with Crippen LogP contribution in [0.1, 0.15) is 18.4 Å². The number of aliphatic hydroxyl groups is 1. The number of benzene rings is 3. The van der Waals surface area contributed by atoms with Gasteiger partial charge in [-0.15, -0.1) is 0 Å². The molecule has 10 heteroatoms. The third-order valence-electron chi connectivity index (χ3n) is 6.89. The lowest BCUT2D eigenvalue weighted by atomic mass is 9.98. The van der Waals surface area contributed by atoms with E-state index in [1.54, 1.807) is 12.1 Å². The lowest BCUT2D eigenvalue weighted by Gasteiger charge is -2.31. The molecule has 0 spiro atoms. The summed E-state index contributed by atoms with van der Waals surface area (Å²) in [4.78, 5) is 0.194. The van der Waals surface area contributed by atoms with Gasteiger partial charge in [-0.3, -0.25) is 0 Å². The highest BCUT2D eigenvalue weighted by atomic mass is 32.2. The van der Waals surface area contributed by atoms with Crippen LogP contribution in [-0.2, 0) is 16.6 Å². The monoisotopic (exact) mass is 570 g/mol. The van der Waals surface area contributed by atoms with E-state index in [-0.39, 0.29) is 11.5 Å². The number of ether oxygens (including phenoxy) is 4. The van der Waals surface area contributed by atoms with Gasteiger partial charge in [-0.1, -0.05) is 30.3 Å². The molecule has 4 rings (SSSR count). The van der Waals surface area contributed by atoms with Crippen molar-refractivity contribution in [3.8, 4) is 23.0 Å². The van der Waals surface area contributed by atoms with E-state index >= 15 is 0 Å². The topological polar surface area (TPSA) is 107 Å². The summed E-state index contributed by atoms with van der Waals surface area (Å²) in [6.45, 7) is 2.65. The molecule has 0 bridgehead atoms. The van der Waals surface area contributed by atoms with E-state index < -0.39 is 16.1 Å². The number of sulfonamides is 1. The maximum atomic E-state index is 13.1. The highest BCUT2D eigenvalue weighted by Crippen LogP contribution is 2.32. The van der Waals surface area contributed by atoms with E-state index in [9.17, 15) is 13.5 Å². The second-order valence-electron chi connectivity index (χ2n) is 9.73.